The van der Waals surface area contributed by atoms with Crippen LogP contribution in [0.15, 0.2) is 67.1 Å². The van der Waals surface area contributed by atoms with E-state index in [4.69, 9.17) is 0 Å². The second-order valence-electron chi connectivity index (χ2n) is 7.98. The first-order valence-electron chi connectivity index (χ1n) is 11.2. The van der Waals surface area contributed by atoms with Crippen LogP contribution in [0.25, 0.3) is 0 Å². The van der Waals surface area contributed by atoms with Gasteiger partial charge in [-0.05, 0) is 81.4 Å². The molecule has 1 fully saturated rings. The SMILES string of the molecule is O=C(NCCCN1CCCC1)c1cccc(Nc2cc(C(=O)Nc3ccncc3)ccn2)c1. The minimum atomic E-state index is -0.242. The minimum Gasteiger partial charge on any atom is -0.352 e. The molecule has 3 aromatic rings. The maximum atomic E-state index is 12.5. The Labute approximate surface area is 193 Å². The molecule has 1 saturated heterocycles. The Morgan fingerprint density at radius 1 is 0.879 bits per heavy atom. The number of rotatable bonds is 9. The third-order valence-corrected chi connectivity index (χ3v) is 5.49. The average Bonchev–Trinajstić information content (AvgIpc) is 3.36. The first-order valence-corrected chi connectivity index (χ1v) is 11.2. The number of aromatic nitrogens is 2. The molecule has 8 nitrogen and oxygen atoms in total. The van der Waals surface area contributed by atoms with Crippen molar-refractivity contribution in [1.82, 2.24) is 20.2 Å². The van der Waals surface area contributed by atoms with Gasteiger partial charge < -0.3 is 20.9 Å². The molecular formula is C25H28N6O2. The Balaban J connectivity index is 1.32. The number of likely N-dealkylation sites (tertiary alicyclic amines) is 1. The van der Waals surface area contributed by atoms with E-state index in [2.05, 4.69) is 30.8 Å². The van der Waals surface area contributed by atoms with E-state index in [-0.39, 0.29) is 11.8 Å². The van der Waals surface area contributed by atoms with Crippen LogP contribution in [0.4, 0.5) is 17.2 Å². The van der Waals surface area contributed by atoms with Gasteiger partial charge in [0.05, 0.1) is 0 Å². The van der Waals surface area contributed by atoms with E-state index in [9.17, 15) is 9.59 Å². The van der Waals surface area contributed by atoms with Gasteiger partial charge in [-0.3, -0.25) is 14.6 Å². The summed E-state index contributed by atoms with van der Waals surface area (Å²) >= 11 is 0. The lowest BCUT2D eigenvalue weighted by molar-refractivity contribution is 0.0951. The van der Waals surface area contributed by atoms with Crippen LogP contribution in [-0.4, -0.2) is 52.9 Å². The maximum absolute atomic E-state index is 12.5. The smallest absolute Gasteiger partial charge is 0.255 e. The molecule has 0 unspecified atom stereocenters. The van der Waals surface area contributed by atoms with E-state index in [0.717, 1.165) is 18.7 Å². The van der Waals surface area contributed by atoms with Crippen molar-refractivity contribution in [2.24, 2.45) is 0 Å². The molecule has 0 atom stereocenters. The maximum Gasteiger partial charge on any atom is 0.255 e. The van der Waals surface area contributed by atoms with Crippen LogP contribution >= 0.6 is 0 Å². The molecule has 0 saturated carbocycles. The van der Waals surface area contributed by atoms with E-state index in [1.165, 1.54) is 25.9 Å². The standard InChI is InChI=1S/C25H28N6O2/c32-24(28-10-4-16-31-14-1-2-15-31)19-5-3-6-22(17-19)29-23-18-20(7-13-27-23)25(33)30-21-8-11-26-12-9-21/h3,5-9,11-13,17-18H,1-2,4,10,14-16H2,(H,27,29)(H,28,32)(H,26,30,33). The van der Waals surface area contributed by atoms with Gasteiger partial charge in [0.15, 0.2) is 0 Å². The van der Waals surface area contributed by atoms with Crippen molar-refractivity contribution in [3.8, 4) is 0 Å². The van der Waals surface area contributed by atoms with Crippen molar-refractivity contribution in [3.05, 3.63) is 78.2 Å². The van der Waals surface area contributed by atoms with Crippen LogP contribution in [0.5, 0.6) is 0 Å². The number of pyridine rings is 2. The molecule has 170 valence electrons. The van der Waals surface area contributed by atoms with Gasteiger partial charge in [-0.15, -0.1) is 0 Å². The zero-order valence-electron chi connectivity index (χ0n) is 18.5. The first-order chi connectivity index (χ1) is 16.2. The highest BCUT2D eigenvalue weighted by Gasteiger charge is 2.12. The van der Waals surface area contributed by atoms with Crippen LogP contribution in [-0.2, 0) is 0 Å². The Kier molecular flexibility index (Phi) is 7.60. The third kappa shape index (κ3) is 6.60. The number of nitrogens with zero attached hydrogens (tertiary/aromatic N) is 3. The van der Waals surface area contributed by atoms with Crippen LogP contribution in [0.3, 0.4) is 0 Å². The number of amides is 2. The van der Waals surface area contributed by atoms with E-state index in [1.807, 2.05) is 12.1 Å². The van der Waals surface area contributed by atoms with Crippen molar-refractivity contribution < 1.29 is 9.59 Å². The Bertz CT molecular complexity index is 1080. The fourth-order valence-corrected chi connectivity index (χ4v) is 3.78. The number of anilines is 3. The number of carbonyl (C=O) groups excluding carboxylic acids is 2. The van der Waals surface area contributed by atoms with E-state index in [0.29, 0.717) is 29.2 Å². The summed E-state index contributed by atoms with van der Waals surface area (Å²) in [5.41, 5.74) is 2.43. The highest BCUT2D eigenvalue weighted by atomic mass is 16.2. The zero-order chi connectivity index (χ0) is 22.9. The average molecular weight is 445 g/mol. The largest absolute Gasteiger partial charge is 0.352 e. The van der Waals surface area contributed by atoms with Crippen molar-refractivity contribution >= 4 is 29.0 Å². The summed E-state index contributed by atoms with van der Waals surface area (Å²) in [6.45, 7) is 4.02. The predicted molar refractivity (Wildman–Crippen MR) is 129 cm³/mol. The molecule has 2 aromatic heterocycles. The monoisotopic (exact) mass is 444 g/mol. The lowest BCUT2D eigenvalue weighted by Crippen LogP contribution is -2.28. The van der Waals surface area contributed by atoms with Gasteiger partial charge in [0, 0.05) is 47.6 Å². The lowest BCUT2D eigenvalue weighted by Gasteiger charge is -2.14. The summed E-state index contributed by atoms with van der Waals surface area (Å²) in [7, 11) is 0. The molecule has 3 heterocycles. The first kappa shape index (κ1) is 22.4. The van der Waals surface area contributed by atoms with Gasteiger partial charge in [0.25, 0.3) is 11.8 Å². The topological polar surface area (TPSA) is 99.2 Å². The zero-order valence-corrected chi connectivity index (χ0v) is 18.5. The summed E-state index contributed by atoms with van der Waals surface area (Å²) in [4.78, 5) is 35.7. The van der Waals surface area contributed by atoms with Crippen LogP contribution in [0.2, 0.25) is 0 Å². The van der Waals surface area contributed by atoms with Crippen molar-refractivity contribution in [3.63, 3.8) is 0 Å². The van der Waals surface area contributed by atoms with Crippen LogP contribution in [0.1, 0.15) is 40.0 Å². The van der Waals surface area contributed by atoms with Gasteiger partial charge >= 0.3 is 0 Å². The lowest BCUT2D eigenvalue weighted by atomic mass is 10.1. The van der Waals surface area contributed by atoms with Gasteiger partial charge in [0.1, 0.15) is 5.82 Å². The van der Waals surface area contributed by atoms with Crippen LogP contribution in [0, 0.1) is 0 Å². The highest BCUT2D eigenvalue weighted by Crippen LogP contribution is 2.18. The molecule has 0 spiro atoms. The number of benzene rings is 1. The molecule has 3 N–H and O–H groups in total. The number of carbonyl (C=O) groups is 2. The Hall–Kier alpha value is -3.78. The second kappa shape index (κ2) is 11.2. The van der Waals surface area contributed by atoms with Crippen molar-refractivity contribution in [1.29, 1.82) is 0 Å². The normalized spacial score (nSPS) is 13.5. The van der Waals surface area contributed by atoms with Gasteiger partial charge in [0.2, 0.25) is 0 Å². The third-order valence-electron chi connectivity index (χ3n) is 5.49. The van der Waals surface area contributed by atoms with Crippen LogP contribution < -0.4 is 16.0 Å². The summed E-state index contributed by atoms with van der Waals surface area (Å²) in [5, 5.41) is 8.99. The van der Waals surface area contributed by atoms with Crippen molar-refractivity contribution in [2.45, 2.75) is 19.3 Å². The molecule has 1 aliphatic heterocycles. The fourth-order valence-electron chi connectivity index (χ4n) is 3.78. The van der Waals surface area contributed by atoms with Gasteiger partial charge in [-0.25, -0.2) is 4.98 Å². The molecule has 0 radical (unpaired) electrons. The molecule has 0 aliphatic carbocycles. The van der Waals surface area contributed by atoms with E-state index >= 15 is 0 Å². The molecule has 1 aromatic carbocycles. The number of hydrogen-bond donors (Lipinski definition) is 3. The molecule has 8 heteroatoms. The van der Waals surface area contributed by atoms with Gasteiger partial charge in [-0.1, -0.05) is 6.07 Å². The second-order valence-corrected chi connectivity index (χ2v) is 7.98. The Morgan fingerprint density at radius 3 is 2.48 bits per heavy atom. The Morgan fingerprint density at radius 2 is 1.67 bits per heavy atom. The summed E-state index contributed by atoms with van der Waals surface area (Å²) in [6, 6.07) is 14.0. The number of hydrogen-bond acceptors (Lipinski definition) is 6. The van der Waals surface area contributed by atoms with E-state index < -0.39 is 0 Å². The molecular weight excluding hydrogens is 416 g/mol. The number of nitrogens with one attached hydrogen (secondary N) is 3. The molecule has 33 heavy (non-hydrogen) atoms. The van der Waals surface area contributed by atoms with Gasteiger partial charge in [-0.2, -0.15) is 0 Å². The minimum absolute atomic E-state index is 0.0986. The van der Waals surface area contributed by atoms with E-state index in [1.54, 1.807) is 55.0 Å². The van der Waals surface area contributed by atoms with Crippen molar-refractivity contribution in [2.75, 3.05) is 36.8 Å². The highest BCUT2D eigenvalue weighted by molar-refractivity contribution is 6.04. The molecule has 4 rings (SSSR count). The summed E-state index contributed by atoms with van der Waals surface area (Å²) < 4.78 is 0. The summed E-state index contributed by atoms with van der Waals surface area (Å²) in [5.74, 6) is 0.174. The molecule has 1 aliphatic rings. The molecule has 0 bridgehead atoms. The molecule has 2 amide bonds. The predicted octanol–water partition coefficient (Wildman–Crippen LogP) is 3.69. The quantitative estimate of drug-likeness (QED) is 0.436. The fraction of sp³-hybridized carbons (Fsp3) is 0.280. The summed E-state index contributed by atoms with van der Waals surface area (Å²) in [6.07, 6.45) is 8.30.